The average Bonchev–Trinajstić information content (AvgIpc) is 3.56. The zero-order valence-corrected chi connectivity index (χ0v) is 18.9. The molecule has 2 aromatic heterocycles. The number of carbonyl (C=O) groups is 2. The van der Waals surface area contributed by atoms with Crippen molar-refractivity contribution in [1.29, 1.82) is 0 Å². The van der Waals surface area contributed by atoms with Crippen LogP contribution in [0.3, 0.4) is 0 Å². The van der Waals surface area contributed by atoms with Crippen LogP contribution in [0, 0.1) is 6.92 Å². The summed E-state index contributed by atoms with van der Waals surface area (Å²) >= 11 is 3.09. The quantitative estimate of drug-likeness (QED) is 0.476. The first-order valence-electron chi connectivity index (χ1n) is 10.2. The minimum Gasteiger partial charge on any atom is -0.440 e. The Hall–Kier alpha value is -3.17. The monoisotopic (exact) mass is 464 g/mol. The van der Waals surface area contributed by atoms with Crippen molar-refractivity contribution in [1.82, 2.24) is 20.2 Å². The maximum atomic E-state index is 13.4. The van der Waals surface area contributed by atoms with Gasteiger partial charge in [0.1, 0.15) is 0 Å². The maximum Gasteiger partial charge on any atom is 0.277 e. The molecular formula is C23H20N4O3S2. The standard InChI is InChI=1S/C23H20N4O3S2/c1-14-26-19(20(30-14)15-6-3-2-4-7-15)23(29)27-10-11-31-18(27)12-24-22(28)16-8-5-9-17-21(16)32-13-25-17/h2-9,13,18H,10-12H2,1H3,(H,24,28). The van der Waals surface area contributed by atoms with E-state index in [0.717, 1.165) is 21.5 Å². The van der Waals surface area contributed by atoms with Gasteiger partial charge in [-0.2, -0.15) is 0 Å². The summed E-state index contributed by atoms with van der Waals surface area (Å²) in [4.78, 5) is 36.6. The fourth-order valence-electron chi connectivity index (χ4n) is 3.76. The molecule has 0 aliphatic carbocycles. The Morgan fingerprint density at radius 1 is 1.19 bits per heavy atom. The molecule has 4 aromatic rings. The van der Waals surface area contributed by atoms with Crippen molar-refractivity contribution in [3.63, 3.8) is 0 Å². The molecule has 1 N–H and O–H groups in total. The minimum atomic E-state index is -0.186. The van der Waals surface area contributed by atoms with Gasteiger partial charge in [-0.1, -0.05) is 36.4 Å². The van der Waals surface area contributed by atoms with Crippen LogP contribution in [0.25, 0.3) is 21.5 Å². The highest BCUT2D eigenvalue weighted by atomic mass is 32.2. The van der Waals surface area contributed by atoms with E-state index in [9.17, 15) is 9.59 Å². The van der Waals surface area contributed by atoms with Crippen LogP contribution in [0.15, 0.2) is 58.5 Å². The number of carbonyl (C=O) groups excluding carboxylic acids is 2. The molecule has 7 nitrogen and oxygen atoms in total. The SMILES string of the molecule is Cc1nc(C(=O)N2CCSC2CNC(=O)c2cccc3ncsc23)c(-c2ccccc2)o1. The number of aryl methyl sites for hydroxylation is 1. The summed E-state index contributed by atoms with van der Waals surface area (Å²) in [5.41, 5.74) is 4.26. The fourth-order valence-corrected chi connectivity index (χ4v) is 5.71. The van der Waals surface area contributed by atoms with Gasteiger partial charge in [-0.05, 0) is 12.1 Å². The van der Waals surface area contributed by atoms with E-state index in [-0.39, 0.29) is 17.2 Å². The second-order valence-corrected chi connectivity index (χ2v) is 9.46. The molecule has 9 heteroatoms. The van der Waals surface area contributed by atoms with E-state index < -0.39 is 0 Å². The van der Waals surface area contributed by atoms with E-state index in [1.165, 1.54) is 11.3 Å². The lowest BCUT2D eigenvalue weighted by atomic mass is 10.1. The average molecular weight is 465 g/mol. The Kier molecular flexibility index (Phi) is 5.67. The molecule has 2 amide bonds. The predicted octanol–water partition coefficient (Wildman–Crippen LogP) is 4.20. The number of oxazole rings is 1. The molecule has 1 fully saturated rings. The smallest absolute Gasteiger partial charge is 0.277 e. The first-order valence-corrected chi connectivity index (χ1v) is 12.1. The topological polar surface area (TPSA) is 88.3 Å². The Morgan fingerprint density at radius 2 is 2.03 bits per heavy atom. The van der Waals surface area contributed by atoms with Gasteiger partial charge in [-0.15, -0.1) is 23.1 Å². The number of aromatic nitrogens is 2. The molecule has 1 aliphatic rings. The summed E-state index contributed by atoms with van der Waals surface area (Å²) in [6.07, 6.45) is 0. The summed E-state index contributed by atoms with van der Waals surface area (Å²) in [5.74, 6) is 1.37. The molecule has 5 rings (SSSR count). The highest BCUT2D eigenvalue weighted by Gasteiger charge is 2.34. The van der Waals surface area contributed by atoms with Crippen LogP contribution < -0.4 is 5.32 Å². The number of benzene rings is 2. The van der Waals surface area contributed by atoms with Gasteiger partial charge in [0.05, 0.1) is 26.7 Å². The van der Waals surface area contributed by atoms with Crippen molar-refractivity contribution in [2.45, 2.75) is 12.3 Å². The van der Waals surface area contributed by atoms with E-state index in [0.29, 0.717) is 36.0 Å². The summed E-state index contributed by atoms with van der Waals surface area (Å²) in [6, 6.07) is 15.0. The molecule has 0 saturated carbocycles. The van der Waals surface area contributed by atoms with Crippen molar-refractivity contribution in [3.8, 4) is 11.3 Å². The van der Waals surface area contributed by atoms with Crippen molar-refractivity contribution in [2.24, 2.45) is 0 Å². The Balaban J connectivity index is 1.33. The summed E-state index contributed by atoms with van der Waals surface area (Å²) in [5, 5.41) is 2.82. The van der Waals surface area contributed by atoms with E-state index in [2.05, 4.69) is 15.3 Å². The second kappa shape index (κ2) is 8.76. The molecule has 0 spiro atoms. The molecule has 162 valence electrons. The van der Waals surface area contributed by atoms with Crippen LogP contribution >= 0.6 is 23.1 Å². The van der Waals surface area contributed by atoms with Crippen molar-refractivity contribution in [3.05, 3.63) is 71.2 Å². The van der Waals surface area contributed by atoms with Gasteiger partial charge in [-0.25, -0.2) is 9.97 Å². The Bertz CT molecular complexity index is 1280. The van der Waals surface area contributed by atoms with Crippen LogP contribution in [0.1, 0.15) is 26.7 Å². The Morgan fingerprint density at radius 3 is 2.88 bits per heavy atom. The number of fused-ring (bicyclic) bond motifs is 1. The molecule has 0 radical (unpaired) electrons. The van der Waals surface area contributed by atoms with Gasteiger partial charge in [0.25, 0.3) is 11.8 Å². The van der Waals surface area contributed by atoms with Gasteiger partial charge >= 0.3 is 0 Å². The number of rotatable bonds is 5. The van der Waals surface area contributed by atoms with Crippen LogP contribution in [-0.2, 0) is 0 Å². The lowest BCUT2D eigenvalue weighted by molar-refractivity contribution is 0.0746. The third kappa shape index (κ3) is 3.89. The minimum absolute atomic E-state index is 0.165. The molecule has 1 saturated heterocycles. The molecule has 3 heterocycles. The van der Waals surface area contributed by atoms with Gasteiger partial charge in [0.2, 0.25) is 0 Å². The van der Waals surface area contributed by atoms with Gasteiger partial charge < -0.3 is 14.6 Å². The van der Waals surface area contributed by atoms with Crippen molar-refractivity contribution >= 4 is 45.1 Å². The predicted molar refractivity (Wildman–Crippen MR) is 126 cm³/mol. The van der Waals surface area contributed by atoms with E-state index in [1.54, 1.807) is 35.2 Å². The van der Waals surface area contributed by atoms with Crippen LogP contribution in [0.5, 0.6) is 0 Å². The van der Waals surface area contributed by atoms with Crippen molar-refractivity contribution < 1.29 is 14.0 Å². The van der Waals surface area contributed by atoms with Gasteiger partial charge in [-0.3, -0.25) is 9.59 Å². The fraction of sp³-hybridized carbons (Fsp3) is 0.217. The summed E-state index contributed by atoms with van der Waals surface area (Å²) in [6.45, 7) is 2.68. The first-order chi connectivity index (χ1) is 15.6. The Labute approximate surface area is 192 Å². The van der Waals surface area contributed by atoms with E-state index >= 15 is 0 Å². The van der Waals surface area contributed by atoms with Gasteiger partial charge in [0, 0.05) is 31.3 Å². The number of thioether (sulfide) groups is 1. The maximum absolute atomic E-state index is 13.4. The van der Waals surface area contributed by atoms with Crippen LogP contribution in [0.4, 0.5) is 0 Å². The normalized spacial score (nSPS) is 15.9. The highest BCUT2D eigenvalue weighted by molar-refractivity contribution is 8.00. The number of hydrogen-bond donors (Lipinski definition) is 1. The van der Waals surface area contributed by atoms with Crippen LogP contribution in [-0.4, -0.2) is 50.9 Å². The van der Waals surface area contributed by atoms with E-state index in [4.69, 9.17) is 4.42 Å². The zero-order chi connectivity index (χ0) is 22.1. The third-order valence-corrected chi connectivity index (χ3v) is 7.36. The molecule has 32 heavy (non-hydrogen) atoms. The van der Waals surface area contributed by atoms with Gasteiger partial charge in [0.15, 0.2) is 17.3 Å². The summed E-state index contributed by atoms with van der Waals surface area (Å²) in [7, 11) is 0. The third-order valence-electron chi connectivity index (χ3n) is 5.26. The van der Waals surface area contributed by atoms with Crippen molar-refractivity contribution in [2.75, 3.05) is 18.8 Å². The largest absolute Gasteiger partial charge is 0.440 e. The second-order valence-electron chi connectivity index (χ2n) is 7.32. The lowest BCUT2D eigenvalue weighted by Crippen LogP contribution is -2.42. The highest BCUT2D eigenvalue weighted by Crippen LogP contribution is 2.30. The van der Waals surface area contributed by atoms with E-state index in [1.807, 2.05) is 42.5 Å². The number of amides is 2. The molecule has 1 unspecified atom stereocenters. The number of nitrogens with one attached hydrogen (secondary N) is 1. The zero-order valence-electron chi connectivity index (χ0n) is 17.3. The molecular weight excluding hydrogens is 444 g/mol. The number of nitrogens with zero attached hydrogens (tertiary/aromatic N) is 3. The first kappa shape index (κ1) is 20.7. The summed E-state index contributed by atoms with van der Waals surface area (Å²) < 4.78 is 6.63. The number of hydrogen-bond acceptors (Lipinski definition) is 7. The molecule has 1 aliphatic heterocycles. The lowest BCUT2D eigenvalue weighted by Gasteiger charge is -2.23. The van der Waals surface area contributed by atoms with Crippen LogP contribution in [0.2, 0.25) is 0 Å². The molecule has 2 aromatic carbocycles. The number of thiazole rings is 1. The molecule has 1 atom stereocenters. The molecule has 0 bridgehead atoms.